The zero-order chi connectivity index (χ0) is 19.4. The minimum atomic E-state index is -3.30. The van der Waals surface area contributed by atoms with Crippen molar-refractivity contribution in [2.24, 2.45) is 0 Å². The van der Waals surface area contributed by atoms with Crippen LogP contribution in [-0.2, 0) is 27.7 Å². The molecule has 0 radical (unpaired) electrons. The van der Waals surface area contributed by atoms with Gasteiger partial charge in [0.1, 0.15) is 5.82 Å². The fourth-order valence-electron chi connectivity index (χ4n) is 3.26. The molecule has 0 unspecified atom stereocenters. The van der Waals surface area contributed by atoms with Crippen LogP contribution in [0.25, 0.3) is 0 Å². The first kappa shape index (κ1) is 19.4. The van der Waals surface area contributed by atoms with Gasteiger partial charge in [-0.25, -0.2) is 12.8 Å². The van der Waals surface area contributed by atoms with Gasteiger partial charge in [-0.2, -0.15) is 0 Å². The van der Waals surface area contributed by atoms with E-state index in [0.717, 1.165) is 24.0 Å². The quantitative estimate of drug-likeness (QED) is 0.821. The van der Waals surface area contributed by atoms with Crippen molar-refractivity contribution in [3.05, 3.63) is 59.4 Å². The van der Waals surface area contributed by atoms with E-state index in [1.165, 1.54) is 16.4 Å². The first-order valence-corrected chi connectivity index (χ1v) is 10.7. The van der Waals surface area contributed by atoms with Gasteiger partial charge in [0.15, 0.2) is 0 Å². The molecule has 144 valence electrons. The van der Waals surface area contributed by atoms with E-state index in [4.69, 9.17) is 0 Å². The molecule has 0 spiro atoms. The molecule has 27 heavy (non-hydrogen) atoms. The number of carbonyl (C=O) groups is 1. The summed E-state index contributed by atoms with van der Waals surface area (Å²) in [4.78, 5) is 12.2. The number of carbonyl (C=O) groups excluding carboxylic acids is 1. The molecule has 0 bridgehead atoms. The third kappa shape index (κ3) is 4.66. The average molecular weight is 390 g/mol. The van der Waals surface area contributed by atoms with Crippen LogP contribution in [0.1, 0.15) is 30.9 Å². The van der Waals surface area contributed by atoms with Crippen LogP contribution in [0.15, 0.2) is 42.5 Å². The molecular weight excluding hydrogens is 367 g/mol. The van der Waals surface area contributed by atoms with Crippen molar-refractivity contribution >= 4 is 27.3 Å². The molecule has 3 rings (SSSR count). The highest BCUT2D eigenvalue weighted by Gasteiger charge is 2.26. The molecule has 2 aromatic rings. The van der Waals surface area contributed by atoms with Crippen molar-refractivity contribution in [2.75, 3.05) is 21.9 Å². The number of fused-ring (bicyclic) bond motifs is 1. The van der Waals surface area contributed by atoms with Gasteiger partial charge in [-0.3, -0.25) is 9.10 Å². The molecule has 1 heterocycles. The molecule has 0 saturated heterocycles. The SMILES string of the molecule is CCS(=O)(=O)N1CCCc2cc(NC(=O)CCc3cccc(F)c3)ccc21. The largest absolute Gasteiger partial charge is 0.326 e. The normalized spacial score (nSPS) is 13.9. The van der Waals surface area contributed by atoms with E-state index < -0.39 is 10.0 Å². The van der Waals surface area contributed by atoms with Gasteiger partial charge >= 0.3 is 0 Å². The van der Waals surface area contributed by atoms with Crippen LogP contribution >= 0.6 is 0 Å². The number of hydrogen-bond acceptors (Lipinski definition) is 3. The summed E-state index contributed by atoms with van der Waals surface area (Å²) in [5.41, 5.74) is 3.03. The number of benzene rings is 2. The molecule has 0 fully saturated rings. The molecule has 0 saturated carbocycles. The summed E-state index contributed by atoms with van der Waals surface area (Å²) >= 11 is 0. The predicted octanol–water partition coefficient (Wildman–Crippen LogP) is 3.50. The Morgan fingerprint density at radius 1 is 1.22 bits per heavy atom. The summed E-state index contributed by atoms with van der Waals surface area (Å²) in [7, 11) is -3.30. The summed E-state index contributed by atoms with van der Waals surface area (Å²) in [6.07, 6.45) is 2.23. The number of halogens is 1. The standard InChI is InChI=1S/C20H23FN2O3S/c1-2-27(25,26)23-12-4-6-16-14-18(9-10-19(16)23)22-20(24)11-8-15-5-3-7-17(21)13-15/h3,5,7,9-10,13-14H,2,4,6,8,11-12H2,1H3,(H,22,24). The first-order chi connectivity index (χ1) is 12.9. The summed E-state index contributed by atoms with van der Waals surface area (Å²) in [5, 5.41) is 2.84. The molecular formula is C20H23FN2O3S. The smallest absolute Gasteiger partial charge is 0.234 e. The molecule has 1 aliphatic rings. The van der Waals surface area contributed by atoms with Gasteiger partial charge < -0.3 is 5.32 Å². The number of nitrogens with one attached hydrogen (secondary N) is 1. The number of sulfonamides is 1. The molecule has 1 aliphatic heterocycles. The molecule has 1 N–H and O–H groups in total. The maximum atomic E-state index is 13.2. The number of aryl methyl sites for hydroxylation is 2. The molecule has 1 amide bonds. The fraction of sp³-hybridized carbons (Fsp3) is 0.350. The van der Waals surface area contributed by atoms with Gasteiger partial charge in [-0.1, -0.05) is 12.1 Å². The van der Waals surface area contributed by atoms with Gasteiger partial charge in [0.2, 0.25) is 15.9 Å². The fourth-order valence-corrected chi connectivity index (χ4v) is 4.46. The zero-order valence-electron chi connectivity index (χ0n) is 15.2. The van der Waals surface area contributed by atoms with Crippen LogP contribution in [0.3, 0.4) is 0 Å². The molecule has 2 aromatic carbocycles. The number of rotatable bonds is 6. The molecule has 0 aromatic heterocycles. The Balaban J connectivity index is 1.67. The maximum absolute atomic E-state index is 13.2. The number of nitrogens with zero attached hydrogens (tertiary/aromatic N) is 1. The Labute approximate surface area is 159 Å². The van der Waals surface area contributed by atoms with Crippen molar-refractivity contribution < 1.29 is 17.6 Å². The third-order valence-corrected chi connectivity index (χ3v) is 6.45. The summed E-state index contributed by atoms with van der Waals surface area (Å²) in [6.45, 7) is 2.12. The highest BCUT2D eigenvalue weighted by atomic mass is 32.2. The summed E-state index contributed by atoms with van der Waals surface area (Å²) < 4.78 is 39.2. The van der Waals surface area contributed by atoms with Crippen LogP contribution in [0.5, 0.6) is 0 Å². The Morgan fingerprint density at radius 2 is 2.04 bits per heavy atom. The zero-order valence-corrected chi connectivity index (χ0v) is 16.1. The van der Waals surface area contributed by atoms with Crippen molar-refractivity contribution in [2.45, 2.75) is 32.6 Å². The second-order valence-corrected chi connectivity index (χ2v) is 8.78. The Kier molecular flexibility index (Phi) is 5.79. The minimum absolute atomic E-state index is 0.0605. The van der Waals surface area contributed by atoms with E-state index in [1.807, 2.05) is 6.07 Å². The average Bonchev–Trinajstić information content (AvgIpc) is 2.66. The number of amides is 1. The van der Waals surface area contributed by atoms with Crippen LogP contribution < -0.4 is 9.62 Å². The Morgan fingerprint density at radius 3 is 2.78 bits per heavy atom. The molecule has 7 heteroatoms. The van der Waals surface area contributed by atoms with Gasteiger partial charge in [0.05, 0.1) is 11.4 Å². The van der Waals surface area contributed by atoms with E-state index >= 15 is 0 Å². The maximum Gasteiger partial charge on any atom is 0.234 e. The highest BCUT2D eigenvalue weighted by Crippen LogP contribution is 2.31. The molecule has 0 atom stereocenters. The predicted molar refractivity (Wildman–Crippen MR) is 105 cm³/mol. The van der Waals surface area contributed by atoms with Gasteiger partial charge in [-0.15, -0.1) is 0 Å². The van der Waals surface area contributed by atoms with Crippen molar-refractivity contribution in [1.82, 2.24) is 0 Å². The number of hydrogen-bond donors (Lipinski definition) is 1. The second kappa shape index (κ2) is 8.08. The lowest BCUT2D eigenvalue weighted by molar-refractivity contribution is -0.116. The van der Waals surface area contributed by atoms with Gasteiger partial charge in [0, 0.05) is 18.7 Å². The summed E-state index contributed by atoms with van der Waals surface area (Å²) in [5.74, 6) is -0.410. The van der Waals surface area contributed by atoms with E-state index in [0.29, 0.717) is 24.3 Å². The van der Waals surface area contributed by atoms with Crippen molar-refractivity contribution in [3.8, 4) is 0 Å². The van der Waals surface area contributed by atoms with Crippen LogP contribution in [0, 0.1) is 5.82 Å². The van der Waals surface area contributed by atoms with E-state index in [1.54, 1.807) is 31.2 Å². The van der Waals surface area contributed by atoms with Crippen molar-refractivity contribution in [3.63, 3.8) is 0 Å². The Bertz CT molecular complexity index is 944. The lowest BCUT2D eigenvalue weighted by Gasteiger charge is -2.30. The van der Waals surface area contributed by atoms with Crippen LogP contribution in [0.2, 0.25) is 0 Å². The lowest BCUT2D eigenvalue weighted by Crippen LogP contribution is -2.36. The first-order valence-electron chi connectivity index (χ1n) is 9.06. The van der Waals surface area contributed by atoms with E-state index in [-0.39, 0.29) is 23.9 Å². The van der Waals surface area contributed by atoms with Crippen molar-refractivity contribution in [1.29, 1.82) is 0 Å². The van der Waals surface area contributed by atoms with Crippen LogP contribution in [-0.4, -0.2) is 26.6 Å². The van der Waals surface area contributed by atoms with E-state index in [9.17, 15) is 17.6 Å². The van der Waals surface area contributed by atoms with Gasteiger partial charge in [0.25, 0.3) is 0 Å². The minimum Gasteiger partial charge on any atom is -0.326 e. The van der Waals surface area contributed by atoms with Gasteiger partial charge in [-0.05, 0) is 67.6 Å². The molecule has 5 nitrogen and oxygen atoms in total. The Hall–Kier alpha value is -2.41. The molecule has 0 aliphatic carbocycles. The number of anilines is 2. The van der Waals surface area contributed by atoms with E-state index in [2.05, 4.69) is 5.32 Å². The van der Waals surface area contributed by atoms with Crippen LogP contribution in [0.4, 0.5) is 15.8 Å². The third-order valence-electron chi connectivity index (χ3n) is 4.67. The second-order valence-electron chi connectivity index (χ2n) is 6.60. The monoisotopic (exact) mass is 390 g/mol. The lowest BCUT2D eigenvalue weighted by atomic mass is 10.0. The summed E-state index contributed by atoms with van der Waals surface area (Å²) in [6, 6.07) is 11.5. The topological polar surface area (TPSA) is 66.5 Å². The highest BCUT2D eigenvalue weighted by molar-refractivity contribution is 7.92.